The zero-order valence-corrected chi connectivity index (χ0v) is 12.3. The third-order valence-corrected chi connectivity index (χ3v) is 3.24. The van der Waals surface area contributed by atoms with Crippen LogP contribution in [0, 0.1) is 13.8 Å². The second kappa shape index (κ2) is 5.74. The lowest BCUT2D eigenvalue weighted by Gasteiger charge is -2.19. The minimum atomic E-state index is -0.117. The van der Waals surface area contributed by atoms with Crippen LogP contribution < -0.4 is 10.2 Å². The van der Waals surface area contributed by atoms with Crippen molar-refractivity contribution in [2.45, 2.75) is 13.8 Å². The molecule has 2 rings (SSSR count). The Bertz CT molecular complexity index is 637. The summed E-state index contributed by atoms with van der Waals surface area (Å²) in [5, 5.41) is 2.94. The molecule has 0 spiro atoms. The highest BCUT2D eigenvalue weighted by atomic mass is 16.2. The number of carbonyl (C=O) groups is 1. The van der Waals surface area contributed by atoms with Gasteiger partial charge in [0.2, 0.25) is 0 Å². The SMILES string of the molecule is CNc1cccc(C(=O)N(C)c2ccc(C)cc2C)n1. The Morgan fingerprint density at radius 3 is 2.60 bits per heavy atom. The van der Waals surface area contributed by atoms with E-state index in [1.165, 1.54) is 5.56 Å². The fourth-order valence-electron chi connectivity index (χ4n) is 2.16. The van der Waals surface area contributed by atoms with E-state index >= 15 is 0 Å². The van der Waals surface area contributed by atoms with E-state index in [1.54, 1.807) is 25.1 Å². The topological polar surface area (TPSA) is 45.2 Å². The van der Waals surface area contributed by atoms with Crippen molar-refractivity contribution in [2.75, 3.05) is 24.3 Å². The number of benzene rings is 1. The normalized spacial score (nSPS) is 10.2. The smallest absolute Gasteiger partial charge is 0.276 e. The van der Waals surface area contributed by atoms with Gasteiger partial charge in [-0.05, 0) is 37.6 Å². The van der Waals surface area contributed by atoms with Crippen molar-refractivity contribution < 1.29 is 4.79 Å². The molecule has 1 amide bonds. The molecular weight excluding hydrogens is 250 g/mol. The summed E-state index contributed by atoms with van der Waals surface area (Å²) in [6.07, 6.45) is 0. The van der Waals surface area contributed by atoms with Crippen molar-refractivity contribution in [1.29, 1.82) is 0 Å². The van der Waals surface area contributed by atoms with Gasteiger partial charge in [-0.1, -0.05) is 23.8 Å². The molecule has 1 N–H and O–H groups in total. The van der Waals surface area contributed by atoms with Gasteiger partial charge in [0, 0.05) is 19.8 Å². The van der Waals surface area contributed by atoms with E-state index in [0.29, 0.717) is 11.5 Å². The summed E-state index contributed by atoms with van der Waals surface area (Å²) in [5.74, 6) is 0.568. The minimum absolute atomic E-state index is 0.117. The number of carbonyl (C=O) groups excluding carboxylic acids is 1. The summed E-state index contributed by atoms with van der Waals surface area (Å²) in [6, 6.07) is 11.4. The third-order valence-electron chi connectivity index (χ3n) is 3.24. The third kappa shape index (κ3) is 2.79. The van der Waals surface area contributed by atoms with Crippen LogP contribution in [0.3, 0.4) is 0 Å². The molecular formula is C16H19N3O. The zero-order chi connectivity index (χ0) is 14.7. The first-order valence-corrected chi connectivity index (χ1v) is 6.53. The van der Waals surface area contributed by atoms with Crippen LogP contribution in [0.2, 0.25) is 0 Å². The van der Waals surface area contributed by atoms with E-state index in [4.69, 9.17) is 0 Å². The lowest BCUT2D eigenvalue weighted by molar-refractivity contribution is 0.0988. The lowest BCUT2D eigenvalue weighted by Crippen LogP contribution is -2.27. The molecule has 0 aliphatic rings. The van der Waals surface area contributed by atoms with Crippen LogP contribution in [0.1, 0.15) is 21.6 Å². The molecule has 0 unspecified atom stereocenters. The van der Waals surface area contributed by atoms with E-state index in [9.17, 15) is 4.79 Å². The molecule has 0 aliphatic carbocycles. The summed E-state index contributed by atoms with van der Waals surface area (Å²) in [5.41, 5.74) is 3.59. The lowest BCUT2D eigenvalue weighted by atomic mass is 10.1. The molecule has 0 saturated carbocycles. The van der Waals surface area contributed by atoms with Gasteiger partial charge in [0.15, 0.2) is 0 Å². The van der Waals surface area contributed by atoms with Crippen molar-refractivity contribution in [3.8, 4) is 0 Å². The van der Waals surface area contributed by atoms with Crippen LogP contribution in [0.5, 0.6) is 0 Å². The fourth-order valence-corrected chi connectivity index (χ4v) is 2.16. The van der Waals surface area contributed by atoms with Crippen molar-refractivity contribution in [3.63, 3.8) is 0 Å². The summed E-state index contributed by atoms with van der Waals surface area (Å²) < 4.78 is 0. The fraction of sp³-hybridized carbons (Fsp3) is 0.250. The highest BCUT2D eigenvalue weighted by Crippen LogP contribution is 2.21. The molecule has 104 valence electrons. The number of aryl methyl sites for hydroxylation is 2. The Balaban J connectivity index is 2.32. The zero-order valence-electron chi connectivity index (χ0n) is 12.3. The van der Waals surface area contributed by atoms with Crippen LogP contribution >= 0.6 is 0 Å². The molecule has 0 radical (unpaired) electrons. The van der Waals surface area contributed by atoms with E-state index < -0.39 is 0 Å². The van der Waals surface area contributed by atoms with Crippen molar-refractivity contribution in [2.24, 2.45) is 0 Å². The van der Waals surface area contributed by atoms with E-state index in [1.807, 2.05) is 38.1 Å². The molecule has 0 fully saturated rings. The Morgan fingerprint density at radius 2 is 1.95 bits per heavy atom. The number of aromatic nitrogens is 1. The molecule has 4 heteroatoms. The Morgan fingerprint density at radius 1 is 1.20 bits per heavy atom. The summed E-state index contributed by atoms with van der Waals surface area (Å²) >= 11 is 0. The molecule has 1 aromatic carbocycles. The summed E-state index contributed by atoms with van der Waals surface area (Å²) in [7, 11) is 3.55. The van der Waals surface area contributed by atoms with Crippen molar-refractivity contribution in [3.05, 3.63) is 53.2 Å². The average molecular weight is 269 g/mol. The van der Waals surface area contributed by atoms with Crippen LogP contribution in [-0.4, -0.2) is 25.0 Å². The predicted molar refractivity (Wildman–Crippen MR) is 82.4 cm³/mol. The first-order valence-electron chi connectivity index (χ1n) is 6.53. The minimum Gasteiger partial charge on any atom is -0.373 e. The number of pyridine rings is 1. The number of anilines is 2. The predicted octanol–water partition coefficient (Wildman–Crippen LogP) is 3.02. The van der Waals surface area contributed by atoms with Gasteiger partial charge in [-0.3, -0.25) is 4.79 Å². The molecule has 0 saturated heterocycles. The summed E-state index contributed by atoms with van der Waals surface area (Å²) in [6.45, 7) is 4.04. The van der Waals surface area contributed by atoms with Gasteiger partial charge in [-0.15, -0.1) is 0 Å². The van der Waals surface area contributed by atoms with Gasteiger partial charge >= 0.3 is 0 Å². The maximum Gasteiger partial charge on any atom is 0.276 e. The second-order valence-electron chi connectivity index (χ2n) is 4.81. The molecule has 1 heterocycles. The maximum absolute atomic E-state index is 12.5. The quantitative estimate of drug-likeness (QED) is 0.931. The van der Waals surface area contributed by atoms with Gasteiger partial charge in [0.05, 0.1) is 0 Å². The molecule has 20 heavy (non-hydrogen) atoms. The van der Waals surface area contributed by atoms with Crippen LogP contribution in [0.15, 0.2) is 36.4 Å². The first kappa shape index (κ1) is 14.1. The number of hydrogen-bond donors (Lipinski definition) is 1. The molecule has 4 nitrogen and oxygen atoms in total. The second-order valence-corrected chi connectivity index (χ2v) is 4.81. The highest BCUT2D eigenvalue weighted by Gasteiger charge is 2.16. The first-order chi connectivity index (χ1) is 9.52. The van der Waals surface area contributed by atoms with Crippen molar-refractivity contribution in [1.82, 2.24) is 4.98 Å². The number of nitrogens with zero attached hydrogens (tertiary/aromatic N) is 2. The largest absolute Gasteiger partial charge is 0.373 e. The monoisotopic (exact) mass is 269 g/mol. The average Bonchev–Trinajstić information content (AvgIpc) is 2.46. The van der Waals surface area contributed by atoms with Crippen LogP contribution in [0.4, 0.5) is 11.5 Å². The van der Waals surface area contributed by atoms with Crippen molar-refractivity contribution >= 4 is 17.4 Å². The van der Waals surface area contributed by atoms with Gasteiger partial charge in [0.25, 0.3) is 5.91 Å². The number of nitrogens with one attached hydrogen (secondary N) is 1. The Kier molecular flexibility index (Phi) is 4.03. The van der Waals surface area contributed by atoms with Crippen LogP contribution in [-0.2, 0) is 0 Å². The molecule has 0 aliphatic heterocycles. The van der Waals surface area contributed by atoms with E-state index in [0.717, 1.165) is 11.3 Å². The van der Waals surface area contributed by atoms with Gasteiger partial charge < -0.3 is 10.2 Å². The molecule has 0 bridgehead atoms. The Hall–Kier alpha value is -2.36. The molecule has 0 atom stereocenters. The molecule has 2 aromatic rings. The van der Waals surface area contributed by atoms with E-state index in [-0.39, 0.29) is 5.91 Å². The standard InChI is InChI=1S/C16H19N3O/c1-11-8-9-14(12(2)10-11)19(4)16(20)13-6-5-7-15(17-3)18-13/h5-10H,1-4H3,(H,17,18). The van der Waals surface area contributed by atoms with E-state index in [2.05, 4.69) is 16.4 Å². The number of hydrogen-bond acceptors (Lipinski definition) is 3. The van der Waals surface area contributed by atoms with Gasteiger partial charge in [-0.2, -0.15) is 0 Å². The molecule has 1 aromatic heterocycles. The van der Waals surface area contributed by atoms with Gasteiger partial charge in [-0.25, -0.2) is 4.98 Å². The highest BCUT2D eigenvalue weighted by molar-refractivity contribution is 6.05. The number of rotatable bonds is 3. The number of amides is 1. The summed E-state index contributed by atoms with van der Waals surface area (Å²) in [4.78, 5) is 18.4. The van der Waals surface area contributed by atoms with Crippen LogP contribution in [0.25, 0.3) is 0 Å². The van der Waals surface area contributed by atoms with Gasteiger partial charge in [0.1, 0.15) is 11.5 Å². The maximum atomic E-state index is 12.5. The Labute approximate surface area is 119 Å².